The van der Waals surface area contributed by atoms with Crippen LogP contribution in [0.4, 0.5) is 5.69 Å². The molecule has 2 aromatic rings. The summed E-state index contributed by atoms with van der Waals surface area (Å²) in [7, 11) is 0. The standard InChI is InChI=1S/C20H21NO4S/c1-3-14-6-4-5-7-16(14)21-11-15(10-19(21)23)20(24)25-12-17(22)18-9-8-13(2)26-18/h4-9,15H,3,10-12H2,1-2H3/t15-/m0/s1. The highest BCUT2D eigenvalue weighted by Gasteiger charge is 2.37. The van der Waals surface area contributed by atoms with E-state index >= 15 is 0 Å². The van der Waals surface area contributed by atoms with E-state index in [1.807, 2.05) is 44.2 Å². The van der Waals surface area contributed by atoms with Crippen LogP contribution in [0.1, 0.15) is 33.5 Å². The van der Waals surface area contributed by atoms with E-state index in [1.165, 1.54) is 11.3 Å². The highest BCUT2D eigenvalue weighted by atomic mass is 32.1. The number of esters is 1. The van der Waals surface area contributed by atoms with Crippen molar-refractivity contribution in [2.24, 2.45) is 5.92 Å². The van der Waals surface area contributed by atoms with Gasteiger partial charge in [-0.15, -0.1) is 11.3 Å². The zero-order valence-electron chi connectivity index (χ0n) is 14.9. The number of anilines is 1. The van der Waals surface area contributed by atoms with Crippen LogP contribution in [0.15, 0.2) is 36.4 Å². The highest BCUT2D eigenvalue weighted by molar-refractivity contribution is 7.14. The SMILES string of the molecule is CCc1ccccc1N1C[C@@H](C(=O)OCC(=O)c2ccc(C)s2)CC1=O. The lowest BCUT2D eigenvalue weighted by Gasteiger charge is -2.19. The molecule has 1 amide bonds. The van der Waals surface area contributed by atoms with E-state index < -0.39 is 11.9 Å². The number of carbonyl (C=O) groups is 3. The van der Waals surface area contributed by atoms with Gasteiger partial charge in [0.05, 0.1) is 10.8 Å². The van der Waals surface area contributed by atoms with Gasteiger partial charge in [-0.05, 0) is 37.1 Å². The second-order valence-corrected chi connectivity index (χ2v) is 7.62. The largest absolute Gasteiger partial charge is 0.457 e. The summed E-state index contributed by atoms with van der Waals surface area (Å²) in [5.41, 5.74) is 1.92. The van der Waals surface area contributed by atoms with Crippen LogP contribution in [0.3, 0.4) is 0 Å². The summed E-state index contributed by atoms with van der Waals surface area (Å²) in [4.78, 5) is 40.0. The lowest BCUT2D eigenvalue weighted by Crippen LogP contribution is -2.27. The van der Waals surface area contributed by atoms with Crippen LogP contribution in [0.5, 0.6) is 0 Å². The van der Waals surface area contributed by atoms with Crippen molar-refractivity contribution >= 4 is 34.7 Å². The Morgan fingerprint density at radius 1 is 1.23 bits per heavy atom. The number of ketones is 1. The van der Waals surface area contributed by atoms with Crippen LogP contribution in [0, 0.1) is 12.8 Å². The molecule has 1 atom stereocenters. The molecular weight excluding hydrogens is 350 g/mol. The minimum Gasteiger partial charge on any atom is -0.457 e. The van der Waals surface area contributed by atoms with Crippen LogP contribution in [-0.4, -0.2) is 30.8 Å². The molecule has 0 spiro atoms. The Morgan fingerprint density at radius 2 is 2.00 bits per heavy atom. The fourth-order valence-electron chi connectivity index (χ4n) is 3.08. The van der Waals surface area contributed by atoms with Crippen LogP contribution in [-0.2, 0) is 20.7 Å². The second-order valence-electron chi connectivity index (χ2n) is 6.33. The Labute approximate surface area is 156 Å². The van der Waals surface area contributed by atoms with Crippen LogP contribution in [0.25, 0.3) is 0 Å². The van der Waals surface area contributed by atoms with Crippen molar-refractivity contribution in [3.63, 3.8) is 0 Å². The first-order valence-electron chi connectivity index (χ1n) is 8.64. The van der Waals surface area contributed by atoms with Gasteiger partial charge in [-0.1, -0.05) is 25.1 Å². The summed E-state index contributed by atoms with van der Waals surface area (Å²) in [5.74, 6) is -1.33. The smallest absolute Gasteiger partial charge is 0.311 e. The normalized spacial score (nSPS) is 16.8. The third kappa shape index (κ3) is 3.85. The van der Waals surface area contributed by atoms with Gasteiger partial charge in [-0.3, -0.25) is 14.4 Å². The molecule has 1 aliphatic rings. The molecule has 3 rings (SSSR count). The third-order valence-corrected chi connectivity index (χ3v) is 5.52. The Hall–Kier alpha value is -2.47. The van der Waals surface area contributed by atoms with Crippen molar-refractivity contribution < 1.29 is 19.1 Å². The van der Waals surface area contributed by atoms with Gasteiger partial charge in [0.1, 0.15) is 0 Å². The Bertz CT molecular complexity index is 842. The van der Waals surface area contributed by atoms with Gasteiger partial charge in [0, 0.05) is 23.5 Å². The molecule has 0 unspecified atom stereocenters. The van der Waals surface area contributed by atoms with Crippen molar-refractivity contribution in [3.8, 4) is 0 Å². The average Bonchev–Trinajstić information content (AvgIpc) is 3.25. The monoisotopic (exact) mass is 371 g/mol. The van der Waals surface area contributed by atoms with Gasteiger partial charge in [0.15, 0.2) is 6.61 Å². The molecule has 0 radical (unpaired) electrons. The number of rotatable bonds is 6. The first-order valence-corrected chi connectivity index (χ1v) is 9.45. The Balaban J connectivity index is 1.61. The molecule has 1 aliphatic heterocycles. The predicted octanol–water partition coefficient (Wildman–Crippen LogP) is 3.40. The first-order chi connectivity index (χ1) is 12.5. The van der Waals surface area contributed by atoms with E-state index in [4.69, 9.17) is 4.74 Å². The molecule has 0 bridgehead atoms. The highest BCUT2D eigenvalue weighted by Crippen LogP contribution is 2.29. The quantitative estimate of drug-likeness (QED) is 0.577. The molecule has 1 saturated heterocycles. The van der Waals surface area contributed by atoms with Gasteiger partial charge < -0.3 is 9.64 Å². The fourth-order valence-corrected chi connectivity index (χ4v) is 3.87. The van der Waals surface area contributed by atoms with Crippen molar-refractivity contribution in [2.75, 3.05) is 18.1 Å². The van der Waals surface area contributed by atoms with Crippen molar-refractivity contribution in [3.05, 3.63) is 51.7 Å². The van der Waals surface area contributed by atoms with Crippen molar-refractivity contribution in [1.82, 2.24) is 0 Å². The molecule has 136 valence electrons. The number of thiophene rings is 1. The van der Waals surface area contributed by atoms with Crippen LogP contribution in [0.2, 0.25) is 0 Å². The molecule has 5 nitrogen and oxygen atoms in total. The lowest BCUT2D eigenvalue weighted by molar-refractivity contribution is -0.147. The number of aryl methyl sites for hydroxylation is 2. The first kappa shape index (κ1) is 18.3. The molecule has 1 aromatic heterocycles. The lowest BCUT2D eigenvalue weighted by atomic mass is 10.1. The Kier molecular flexibility index (Phi) is 5.52. The summed E-state index contributed by atoms with van der Waals surface area (Å²) < 4.78 is 5.18. The molecule has 0 aliphatic carbocycles. The summed E-state index contributed by atoms with van der Waals surface area (Å²) in [6, 6.07) is 11.3. The van der Waals surface area contributed by atoms with Crippen molar-refractivity contribution in [1.29, 1.82) is 0 Å². The molecule has 6 heteroatoms. The molecule has 26 heavy (non-hydrogen) atoms. The number of hydrogen-bond donors (Lipinski definition) is 0. The van der Waals surface area contributed by atoms with E-state index in [2.05, 4.69) is 0 Å². The van der Waals surface area contributed by atoms with E-state index in [0.717, 1.165) is 22.5 Å². The maximum Gasteiger partial charge on any atom is 0.311 e. The van der Waals surface area contributed by atoms with Gasteiger partial charge in [-0.2, -0.15) is 0 Å². The summed E-state index contributed by atoms with van der Waals surface area (Å²) in [6.45, 7) is 3.96. The van der Waals surface area contributed by atoms with E-state index in [-0.39, 0.29) is 24.7 Å². The molecular formula is C20H21NO4S. The second kappa shape index (κ2) is 7.83. The van der Waals surface area contributed by atoms with Crippen LogP contribution >= 0.6 is 11.3 Å². The summed E-state index contributed by atoms with van der Waals surface area (Å²) >= 11 is 1.38. The van der Waals surface area contributed by atoms with Gasteiger partial charge in [0.25, 0.3) is 0 Å². The number of ether oxygens (including phenoxy) is 1. The molecule has 0 N–H and O–H groups in total. The maximum absolute atomic E-state index is 12.4. The van der Waals surface area contributed by atoms with E-state index in [0.29, 0.717) is 11.4 Å². The Morgan fingerprint density at radius 3 is 2.69 bits per heavy atom. The van der Waals surface area contributed by atoms with Gasteiger partial charge >= 0.3 is 5.97 Å². The topological polar surface area (TPSA) is 63.7 Å². The van der Waals surface area contributed by atoms with Crippen molar-refractivity contribution in [2.45, 2.75) is 26.7 Å². The number of Topliss-reactive ketones (excluding diaryl/α,β-unsaturated/α-hetero) is 1. The van der Waals surface area contributed by atoms with Gasteiger partial charge in [0.2, 0.25) is 11.7 Å². The average molecular weight is 371 g/mol. The van der Waals surface area contributed by atoms with E-state index in [9.17, 15) is 14.4 Å². The number of nitrogens with zero attached hydrogens (tertiary/aromatic N) is 1. The minimum atomic E-state index is -0.537. The van der Waals surface area contributed by atoms with Gasteiger partial charge in [-0.25, -0.2) is 0 Å². The minimum absolute atomic E-state index is 0.0898. The molecule has 2 heterocycles. The number of amides is 1. The predicted molar refractivity (Wildman–Crippen MR) is 101 cm³/mol. The molecule has 1 fully saturated rings. The molecule has 1 aromatic carbocycles. The number of carbonyl (C=O) groups excluding carboxylic acids is 3. The zero-order valence-corrected chi connectivity index (χ0v) is 15.7. The van der Waals surface area contributed by atoms with E-state index in [1.54, 1.807) is 11.0 Å². The maximum atomic E-state index is 12.4. The molecule has 0 saturated carbocycles. The third-order valence-electron chi connectivity index (χ3n) is 4.48. The number of para-hydroxylation sites is 1. The summed E-state index contributed by atoms with van der Waals surface area (Å²) in [6.07, 6.45) is 0.924. The summed E-state index contributed by atoms with van der Waals surface area (Å²) in [5, 5.41) is 0. The number of hydrogen-bond acceptors (Lipinski definition) is 5. The zero-order chi connectivity index (χ0) is 18.7. The van der Waals surface area contributed by atoms with Crippen LogP contribution < -0.4 is 4.90 Å². The number of benzene rings is 1. The fraction of sp³-hybridized carbons (Fsp3) is 0.350.